The summed E-state index contributed by atoms with van der Waals surface area (Å²) in [6.45, 7) is 4.16. The molecule has 0 aromatic carbocycles. The first-order chi connectivity index (χ1) is 8.63. The van der Waals surface area contributed by atoms with E-state index in [1.54, 1.807) is 12.1 Å². The highest BCUT2D eigenvalue weighted by Gasteiger charge is 2.30. The van der Waals surface area contributed by atoms with Crippen LogP contribution in [0.4, 0.5) is 5.82 Å². The summed E-state index contributed by atoms with van der Waals surface area (Å²) in [5.74, 6) is 5.62. The number of hydrazine groups is 1. The summed E-state index contributed by atoms with van der Waals surface area (Å²) in [6, 6.07) is 3.82. The van der Waals surface area contributed by atoms with E-state index < -0.39 is 0 Å². The maximum Gasteiger partial charge on any atom is 0.274 e. The molecule has 6 heteroatoms. The van der Waals surface area contributed by atoms with Crippen molar-refractivity contribution in [2.24, 2.45) is 5.84 Å². The third kappa shape index (κ3) is 2.43. The van der Waals surface area contributed by atoms with E-state index in [0.717, 1.165) is 12.8 Å². The Hall–Kier alpha value is -1.69. The van der Waals surface area contributed by atoms with Crippen molar-refractivity contribution in [1.29, 1.82) is 0 Å². The Bertz CT molecular complexity index is 409. The van der Waals surface area contributed by atoms with E-state index in [1.165, 1.54) is 6.42 Å². The Morgan fingerprint density at radius 1 is 1.33 bits per heavy atom. The number of carbonyl (C=O) groups excluding carboxylic acids is 1. The standard InChI is InChI=1S/C12H19N5O/c1-8-4-3-5-9(2)17(8)12(18)10-6-7-11(14-13)16-15-10/h6-9H,3-5,13H2,1-2H3,(H,14,16)/t8-,9+. The van der Waals surface area contributed by atoms with Crippen molar-refractivity contribution in [3.05, 3.63) is 17.8 Å². The van der Waals surface area contributed by atoms with Crippen LogP contribution >= 0.6 is 0 Å². The van der Waals surface area contributed by atoms with Crippen LogP contribution in [-0.2, 0) is 0 Å². The second-order valence-electron chi connectivity index (χ2n) is 4.79. The minimum absolute atomic E-state index is 0.0502. The lowest BCUT2D eigenvalue weighted by atomic mass is 9.97. The first-order valence-electron chi connectivity index (χ1n) is 6.26. The van der Waals surface area contributed by atoms with Gasteiger partial charge in [0.25, 0.3) is 5.91 Å². The van der Waals surface area contributed by atoms with Gasteiger partial charge in [0.1, 0.15) is 0 Å². The molecule has 2 rings (SSSR count). The molecule has 0 saturated carbocycles. The molecular weight excluding hydrogens is 230 g/mol. The second kappa shape index (κ2) is 5.30. The van der Waals surface area contributed by atoms with Crippen molar-refractivity contribution >= 4 is 11.7 Å². The number of nitrogens with one attached hydrogen (secondary N) is 1. The van der Waals surface area contributed by atoms with Gasteiger partial charge < -0.3 is 10.3 Å². The molecule has 2 atom stereocenters. The lowest BCUT2D eigenvalue weighted by molar-refractivity contribution is 0.0503. The summed E-state index contributed by atoms with van der Waals surface area (Å²) in [4.78, 5) is 14.3. The van der Waals surface area contributed by atoms with Gasteiger partial charge in [-0.05, 0) is 45.2 Å². The van der Waals surface area contributed by atoms with Crippen molar-refractivity contribution in [2.45, 2.75) is 45.2 Å². The molecule has 1 aromatic rings. The SMILES string of the molecule is C[C@@H]1CCC[C@H](C)N1C(=O)c1ccc(NN)nn1. The fourth-order valence-corrected chi connectivity index (χ4v) is 2.48. The number of hydrogen-bond donors (Lipinski definition) is 2. The molecular formula is C12H19N5O. The zero-order chi connectivity index (χ0) is 13.1. The largest absolute Gasteiger partial charge is 0.332 e. The van der Waals surface area contributed by atoms with Crippen molar-refractivity contribution in [3.8, 4) is 0 Å². The first kappa shape index (κ1) is 12.8. The van der Waals surface area contributed by atoms with Gasteiger partial charge in [-0.15, -0.1) is 10.2 Å². The highest BCUT2D eigenvalue weighted by atomic mass is 16.2. The predicted molar refractivity (Wildman–Crippen MR) is 68.8 cm³/mol. The van der Waals surface area contributed by atoms with Gasteiger partial charge in [0.15, 0.2) is 11.5 Å². The zero-order valence-corrected chi connectivity index (χ0v) is 10.8. The van der Waals surface area contributed by atoms with E-state index in [9.17, 15) is 4.79 Å². The number of amides is 1. The number of nitrogens with two attached hydrogens (primary N) is 1. The van der Waals surface area contributed by atoms with Crippen LogP contribution in [-0.4, -0.2) is 33.1 Å². The summed E-state index contributed by atoms with van der Waals surface area (Å²) >= 11 is 0. The highest BCUT2D eigenvalue weighted by molar-refractivity contribution is 5.92. The summed E-state index contributed by atoms with van der Waals surface area (Å²) in [5.41, 5.74) is 2.76. The molecule has 1 aliphatic rings. The number of aromatic nitrogens is 2. The molecule has 98 valence electrons. The molecule has 3 N–H and O–H groups in total. The lowest BCUT2D eigenvalue weighted by Gasteiger charge is -2.38. The van der Waals surface area contributed by atoms with Gasteiger partial charge >= 0.3 is 0 Å². The maximum absolute atomic E-state index is 12.4. The minimum atomic E-state index is -0.0502. The Morgan fingerprint density at radius 2 is 2.00 bits per heavy atom. The normalized spacial score (nSPS) is 23.8. The van der Waals surface area contributed by atoms with E-state index in [-0.39, 0.29) is 18.0 Å². The number of nitrogens with zero attached hydrogens (tertiary/aromatic N) is 3. The van der Waals surface area contributed by atoms with Crippen LogP contribution in [0.2, 0.25) is 0 Å². The molecule has 1 saturated heterocycles. The molecule has 2 heterocycles. The van der Waals surface area contributed by atoms with E-state index in [4.69, 9.17) is 5.84 Å². The number of hydrogen-bond acceptors (Lipinski definition) is 5. The number of rotatable bonds is 2. The van der Waals surface area contributed by atoms with Gasteiger partial charge in [0, 0.05) is 12.1 Å². The molecule has 0 radical (unpaired) electrons. The molecule has 0 unspecified atom stereocenters. The fraction of sp³-hybridized carbons (Fsp3) is 0.583. The molecule has 0 bridgehead atoms. The Labute approximate surface area is 107 Å². The van der Waals surface area contributed by atoms with Crippen LogP contribution in [0.3, 0.4) is 0 Å². The van der Waals surface area contributed by atoms with Gasteiger partial charge in [0.05, 0.1) is 0 Å². The van der Waals surface area contributed by atoms with Crippen LogP contribution in [0.5, 0.6) is 0 Å². The number of likely N-dealkylation sites (tertiary alicyclic amines) is 1. The van der Waals surface area contributed by atoms with E-state index in [1.807, 2.05) is 4.90 Å². The third-order valence-electron chi connectivity index (χ3n) is 3.46. The Morgan fingerprint density at radius 3 is 2.50 bits per heavy atom. The number of piperidine rings is 1. The summed E-state index contributed by atoms with van der Waals surface area (Å²) in [7, 11) is 0. The van der Waals surface area contributed by atoms with Crippen molar-refractivity contribution < 1.29 is 4.79 Å². The zero-order valence-electron chi connectivity index (χ0n) is 10.8. The highest BCUT2D eigenvalue weighted by Crippen LogP contribution is 2.24. The third-order valence-corrected chi connectivity index (χ3v) is 3.46. The minimum Gasteiger partial charge on any atom is -0.332 e. The lowest BCUT2D eigenvalue weighted by Crippen LogP contribution is -2.47. The van der Waals surface area contributed by atoms with E-state index >= 15 is 0 Å². The second-order valence-corrected chi connectivity index (χ2v) is 4.79. The van der Waals surface area contributed by atoms with Crippen molar-refractivity contribution in [2.75, 3.05) is 5.43 Å². The van der Waals surface area contributed by atoms with Gasteiger partial charge in [-0.25, -0.2) is 5.84 Å². The van der Waals surface area contributed by atoms with Crippen LogP contribution in [0.15, 0.2) is 12.1 Å². The van der Waals surface area contributed by atoms with Gasteiger partial charge in [-0.3, -0.25) is 4.79 Å². The predicted octanol–water partition coefficient (Wildman–Crippen LogP) is 1.17. The number of carbonyl (C=O) groups is 1. The molecule has 1 aliphatic heterocycles. The Balaban J connectivity index is 2.18. The van der Waals surface area contributed by atoms with Crippen LogP contribution in [0, 0.1) is 0 Å². The topological polar surface area (TPSA) is 84.1 Å². The molecule has 1 aromatic heterocycles. The summed E-state index contributed by atoms with van der Waals surface area (Å²) in [5, 5.41) is 7.74. The maximum atomic E-state index is 12.4. The smallest absolute Gasteiger partial charge is 0.274 e. The van der Waals surface area contributed by atoms with Crippen molar-refractivity contribution in [3.63, 3.8) is 0 Å². The summed E-state index contributed by atoms with van der Waals surface area (Å²) < 4.78 is 0. The fourth-order valence-electron chi connectivity index (χ4n) is 2.48. The number of anilines is 1. The molecule has 0 spiro atoms. The van der Waals surface area contributed by atoms with Gasteiger partial charge in [0.2, 0.25) is 0 Å². The summed E-state index contributed by atoms with van der Waals surface area (Å²) in [6.07, 6.45) is 3.27. The first-order valence-corrected chi connectivity index (χ1v) is 6.26. The van der Waals surface area contributed by atoms with Gasteiger partial charge in [-0.1, -0.05) is 0 Å². The van der Waals surface area contributed by atoms with Crippen LogP contribution in [0.25, 0.3) is 0 Å². The van der Waals surface area contributed by atoms with Crippen molar-refractivity contribution in [1.82, 2.24) is 15.1 Å². The average molecular weight is 249 g/mol. The molecule has 1 fully saturated rings. The van der Waals surface area contributed by atoms with Crippen LogP contribution < -0.4 is 11.3 Å². The van der Waals surface area contributed by atoms with E-state index in [0.29, 0.717) is 11.5 Å². The monoisotopic (exact) mass is 249 g/mol. The Kier molecular flexibility index (Phi) is 3.76. The molecule has 0 aliphatic carbocycles. The van der Waals surface area contributed by atoms with Crippen LogP contribution in [0.1, 0.15) is 43.6 Å². The molecule has 18 heavy (non-hydrogen) atoms. The molecule has 1 amide bonds. The average Bonchev–Trinajstić information content (AvgIpc) is 2.38. The quantitative estimate of drug-likeness (QED) is 0.607. The molecule has 6 nitrogen and oxygen atoms in total. The van der Waals surface area contributed by atoms with Gasteiger partial charge in [-0.2, -0.15) is 0 Å². The number of nitrogen functional groups attached to an aromatic ring is 1. The van der Waals surface area contributed by atoms with E-state index in [2.05, 4.69) is 29.5 Å².